The second kappa shape index (κ2) is 8.41. The van der Waals surface area contributed by atoms with Gasteiger partial charge in [-0.3, -0.25) is 4.79 Å². The van der Waals surface area contributed by atoms with E-state index >= 15 is 0 Å². The SMILES string of the molecule is CC1(CNC(=O)c2ccc(OC(F)(F)F)cn2)CNC1.O=C(O)C(F)(F)F. The van der Waals surface area contributed by atoms with Crippen LogP contribution in [0.2, 0.25) is 0 Å². The summed E-state index contributed by atoms with van der Waals surface area (Å²) in [6, 6.07) is 2.25. The minimum atomic E-state index is -5.08. The molecule has 0 saturated carbocycles. The van der Waals surface area contributed by atoms with Crippen molar-refractivity contribution in [2.75, 3.05) is 19.6 Å². The number of alkyl halides is 6. The van der Waals surface area contributed by atoms with Gasteiger partial charge in [-0.25, -0.2) is 9.78 Å². The van der Waals surface area contributed by atoms with Gasteiger partial charge in [0, 0.05) is 25.0 Å². The molecule has 0 bridgehead atoms. The van der Waals surface area contributed by atoms with Crippen molar-refractivity contribution in [2.24, 2.45) is 5.41 Å². The van der Waals surface area contributed by atoms with E-state index in [0.717, 1.165) is 25.4 Å². The van der Waals surface area contributed by atoms with E-state index in [1.165, 1.54) is 6.07 Å². The van der Waals surface area contributed by atoms with E-state index in [1.54, 1.807) is 0 Å². The molecule has 7 nitrogen and oxygen atoms in total. The lowest BCUT2D eigenvalue weighted by atomic mass is 9.84. The number of pyridine rings is 1. The van der Waals surface area contributed by atoms with Crippen LogP contribution in [0.15, 0.2) is 18.3 Å². The maximum atomic E-state index is 12.0. The first kappa shape index (κ1) is 22.5. The van der Waals surface area contributed by atoms with E-state index in [0.29, 0.717) is 6.54 Å². The summed E-state index contributed by atoms with van der Waals surface area (Å²) in [5, 5.41) is 12.9. The summed E-state index contributed by atoms with van der Waals surface area (Å²) in [5.41, 5.74) is 0.0741. The lowest BCUT2D eigenvalue weighted by Gasteiger charge is -2.39. The Bertz CT molecular complexity index is 656. The van der Waals surface area contributed by atoms with Crippen molar-refractivity contribution < 1.29 is 45.8 Å². The smallest absolute Gasteiger partial charge is 0.475 e. The van der Waals surface area contributed by atoms with Gasteiger partial charge in [0.1, 0.15) is 11.4 Å². The van der Waals surface area contributed by atoms with E-state index in [4.69, 9.17) is 9.90 Å². The average molecular weight is 403 g/mol. The number of hydrogen-bond donors (Lipinski definition) is 3. The number of amides is 1. The molecule has 1 fully saturated rings. The van der Waals surface area contributed by atoms with Gasteiger partial charge in [0.2, 0.25) is 0 Å². The topological polar surface area (TPSA) is 101 Å². The first-order valence-electron chi connectivity index (χ1n) is 7.23. The maximum Gasteiger partial charge on any atom is 0.573 e. The van der Waals surface area contributed by atoms with Gasteiger partial charge in [-0.05, 0) is 12.1 Å². The Morgan fingerprint density at radius 2 is 1.81 bits per heavy atom. The normalized spacial score (nSPS) is 15.7. The third-order valence-corrected chi connectivity index (χ3v) is 3.22. The van der Waals surface area contributed by atoms with Crippen molar-refractivity contribution in [3.63, 3.8) is 0 Å². The Balaban J connectivity index is 0.000000445. The van der Waals surface area contributed by atoms with Crippen LogP contribution in [0.4, 0.5) is 26.3 Å². The van der Waals surface area contributed by atoms with Crippen LogP contribution in [-0.4, -0.2) is 54.1 Å². The zero-order chi connectivity index (χ0) is 20.9. The highest BCUT2D eigenvalue weighted by Gasteiger charge is 2.38. The summed E-state index contributed by atoms with van der Waals surface area (Å²) in [4.78, 5) is 24.3. The number of carbonyl (C=O) groups is 2. The van der Waals surface area contributed by atoms with Gasteiger partial charge in [-0.1, -0.05) is 6.92 Å². The van der Waals surface area contributed by atoms with Crippen molar-refractivity contribution in [3.8, 4) is 5.75 Å². The first-order chi connectivity index (χ1) is 12.2. The molecule has 0 unspecified atom stereocenters. The number of halogens is 6. The summed E-state index contributed by atoms with van der Waals surface area (Å²) in [7, 11) is 0. The third kappa shape index (κ3) is 8.11. The van der Waals surface area contributed by atoms with Crippen molar-refractivity contribution in [1.29, 1.82) is 0 Å². The molecule has 0 aromatic carbocycles. The van der Waals surface area contributed by atoms with Crippen LogP contribution in [0.1, 0.15) is 17.4 Å². The van der Waals surface area contributed by atoms with Gasteiger partial charge in [0.05, 0.1) is 6.20 Å². The van der Waals surface area contributed by atoms with Crippen LogP contribution in [0.25, 0.3) is 0 Å². The molecular formula is C14H15F6N3O4. The number of carbonyl (C=O) groups excluding carboxylic acids is 1. The maximum absolute atomic E-state index is 12.0. The molecule has 27 heavy (non-hydrogen) atoms. The molecule has 3 N–H and O–H groups in total. The van der Waals surface area contributed by atoms with Crippen LogP contribution in [0.3, 0.4) is 0 Å². The van der Waals surface area contributed by atoms with Gasteiger partial charge < -0.3 is 20.5 Å². The monoisotopic (exact) mass is 403 g/mol. The van der Waals surface area contributed by atoms with E-state index < -0.39 is 30.2 Å². The summed E-state index contributed by atoms with van der Waals surface area (Å²) < 4.78 is 71.3. The standard InChI is InChI=1S/C12H14F3N3O2.C2HF3O2/c1-11(5-16-6-11)7-18-10(19)9-3-2-8(4-17-9)20-12(13,14)15;3-2(4,5)1(6)7/h2-4,16H,5-7H2,1H3,(H,18,19);(H,6,7). The average Bonchev–Trinajstić information content (AvgIpc) is 2.49. The van der Waals surface area contributed by atoms with Crippen molar-refractivity contribution in [3.05, 3.63) is 24.0 Å². The van der Waals surface area contributed by atoms with Crippen molar-refractivity contribution in [1.82, 2.24) is 15.6 Å². The van der Waals surface area contributed by atoms with Gasteiger partial charge in [0.25, 0.3) is 5.91 Å². The molecule has 0 radical (unpaired) electrons. The predicted molar refractivity (Wildman–Crippen MR) is 77.9 cm³/mol. The molecule has 1 aromatic rings. The second-order valence-electron chi connectivity index (χ2n) is 5.83. The van der Waals surface area contributed by atoms with Gasteiger partial charge in [-0.2, -0.15) is 13.2 Å². The molecule has 13 heteroatoms. The molecule has 152 valence electrons. The molecule has 1 aliphatic heterocycles. The highest BCUT2D eigenvalue weighted by Crippen LogP contribution is 2.22. The lowest BCUT2D eigenvalue weighted by molar-refractivity contribution is -0.274. The minimum absolute atomic E-state index is 0.0228. The molecule has 0 atom stereocenters. The fourth-order valence-corrected chi connectivity index (χ4v) is 1.77. The summed E-state index contributed by atoms with van der Waals surface area (Å²) in [5.74, 6) is -3.63. The Hall–Kier alpha value is -2.57. The minimum Gasteiger partial charge on any atom is -0.475 e. The lowest BCUT2D eigenvalue weighted by Crippen LogP contribution is -2.57. The number of carboxylic acid groups (broad SMARTS) is 1. The zero-order valence-electron chi connectivity index (χ0n) is 13.7. The Morgan fingerprint density at radius 3 is 2.15 bits per heavy atom. The summed E-state index contributed by atoms with van der Waals surface area (Å²) in [6.45, 7) is 4.15. The Kier molecular flexibility index (Phi) is 7.00. The highest BCUT2D eigenvalue weighted by atomic mass is 19.4. The molecule has 1 aromatic heterocycles. The van der Waals surface area contributed by atoms with E-state index in [1.807, 2.05) is 6.92 Å². The molecule has 2 rings (SSSR count). The first-order valence-corrected chi connectivity index (χ1v) is 7.23. The number of nitrogens with zero attached hydrogens (tertiary/aromatic N) is 1. The molecule has 1 saturated heterocycles. The van der Waals surface area contributed by atoms with E-state index in [-0.39, 0.29) is 11.1 Å². The van der Waals surface area contributed by atoms with Gasteiger partial charge in [0.15, 0.2) is 0 Å². The van der Waals surface area contributed by atoms with Gasteiger partial charge in [-0.15, -0.1) is 13.2 Å². The Morgan fingerprint density at radius 1 is 1.26 bits per heavy atom. The molecule has 0 aliphatic carbocycles. The third-order valence-electron chi connectivity index (χ3n) is 3.22. The van der Waals surface area contributed by atoms with Gasteiger partial charge >= 0.3 is 18.5 Å². The number of aromatic nitrogens is 1. The van der Waals surface area contributed by atoms with Crippen molar-refractivity contribution in [2.45, 2.75) is 19.5 Å². The fraction of sp³-hybridized carbons (Fsp3) is 0.500. The quantitative estimate of drug-likeness (QED) is 0.665. The highest BCUT2D eigenvalue weighted by molar-refractivity contribution is 5.92. The number of rotatable bonds is 4. The van der Waals surface area contributed by atoms with Crippen LogP contribution in [0.5, 0.6) is 5.75 Å². The largest absolute Gasteiger partial charge is 0.573 e. The Labute approximate surface area is 148 Å². The number of hydrogen-bond acceptors (Lipinski definition) is 5. The number of ether oxygens (including phenoxy) is 1. The molecule has 1 amide bonds. The molecule has 0 spiro atoms. The second-order valence-corrected chi connectivity index (χ2v) is 5.83. The molecule has 2 heterocycles. The summed E-state index contributed by atoms with van der Waals surface area (Å²) >= 11 is 0. The molecular weight excluding hydrogens is 388 g/mol. The van der Waals surface area contributed by atoms with Crippen LogP contribution in [0, 0.1) is 5.41 Å². The summed E-state index contributed by atoms with van der Waals surface area (Å²) in [6.07, 6.45) is -8.98. The number of nitrogens with one attached hydrogen (secondary N) is 2. The fourth-order valence-electron chi connectivity index (χ4n) is 1.77. The van der Waals surface area contributed by atoms with Crippen LogP contribution >= 0.6 is 0 Å². The number of aliphatic carboxylic acids is 1. The van der Waals surface area contributed by atoms with Crippen LogP contribution in [-0.2, 0) is 4.79 Å². The predicted octanol–water partition coefficient (Wildman–Crippen LogP) is 1.95. The van der Waals surface area contributed by atoms with Crippen molar-refractivity contribution >= 4 is 11.9 Å². The zero-order valence-corrected chi connectivity index (χ0v) is 13.7. The van der Waals surface area contributed by atoms with Crippen LogP contribution < -0.4 is 15.4 Å². The van der Waals surface area contributed by atoms with E-state index in [9.17, 15) is 31.1 Å². The number of carboxylic acids is 1. The van der Waals surface area contributed by atoms with E-state index in [2.05, 4.69) is 20.4 Å². The molecule has 1 aliphatic rings.